The Morgan fingerprint density at radius 1 is 1.04 bits per heavy atom. The van der Waals surface area contributed by atoms with Gasteiger partial charge in [0.2, 0.25) is 0 Å². The predicted octanol–water partition coefficient (Wildman–Crippen LogP) is 3.57. The fourth-order valence-electron chi connectivity index (χ4n) is 3.68. The van der Waals surface area contributed by atoms with Gasteiger partial charge < -0.3 is 15.1 Å². The van der Waals surface area contributed by atoms with Gasteiger partial charge in [-0.25, -0.2) is 0 Å². The fraction of sp³-hybridized carbons (Fsp3) is 0.944. The van der Waals surface area contributed by atoms with Gasteiger partial charge in [-0.3, -0.25) is 4.99 Å². The van der Waals surface area contributed by atoms with Crippen molar-refractivity contribution in [3.8, 4) is 0 Å². The van der Waals surface area contributed by atoms with Gasteiger partial charge in [0.1, 0.15) is 0 Å². The number of aliphatic imine (C=N–C) groups is 1. The van der Waals surface area contributed by atoms with Gasteiger partial charge in [-0.05, 0) is 64.5 Å². The molecule has 4 nitrogen and oxygen atoms in total. The first-order valence-corrected chi connectivity index (χ1v) is 9.40. The Morgan fingerprint density at radius 2 is 1.78 bits per heavy atom. The van der Waals surface area contributed by atoms with E-state index in [4.69, 9.17) is 0 Å². The van der Waals surface area contributed by atoms with Crippen LogP contribution in [0.25, 0.3) is 0 Å². The van der Waals surface area contributed by atoms with Crippen molar-refractivity contribution >= 4 is 29.9 Å². The molecule has 0 saturated carbocycles. The van der Waals surface area contributed by atoms with Crippen molar-refractivity contribution in [1.82, 2.24) is 15.1 Å². The van der Waals surface area contributed by atoms with Gasteiger partial charge in [-0.1, -0.05) is 13.3 Å². The summed E-state index contributed by atoms with van der Waals surface area (Å²) in [4.78, 5) is 9.55. The van der Waals surface area contributed by atoms with E-state index in [1.165, 1.54) is 58.0 Å². The van der Waals surface area contributed by atoms with Crippen LogP contribution in [-0.4, -0.2) is 61.6 Å². The summed E-state index contributed by atoms with van der Waals surface area (Å²) in [6, 6.07) is 0.796. The van der Waals surface area contributed by atoms with Crippen molar-refractivity contribution in [3.63, 3.8) is 0 Å². The monoisotopic (exact) mass is 436 g/mol. The highest BCUT2D eigenvalue weighted by atomic mass is 127. The molecule has 2 heterocycles. The lowest BCUT2D eigenvalue weighted by atomic mass is 10.00. The first-order chi connectivity index (χ1) is 10.7. The molecule has 2 fully saturated rings. The van der Waals surface area contributed by atoms with E-state index in [-0.39, 0.29) is 24.0 Å². The standard InChI is InChI=1S/C18H36N4.HI/c1-16-9-14-22(15-10-16)18(19-3)20-11-5-7-13-21-12-6-4-8-17(21)2;/h16-17H,4-15H2,1-3H3,(H,19,20);1H. The maximum Gasteiger partial charge on any atom is 0.193 e. The first kappa shape index (κ1) is 21.0. The van der Waals surface area contributed by atoms with Crippen molar-refractivity contribution in [1.29, 1.82) is 0 Å². The summed E-state index contributed by atoms with van der Waals surface area (Å²) in [7, 11) is 1.91. The van der Waals surface area contributed by atoms with Crippen LogP contribution in [0.1, 0.15) is 58.8 Å². The Balaban J connectivity index is 0.00000264. The van der Waals surface area contributed by atoms with Gasteiger partial charge in [0, 0.05) is 32.7 Å². The van der Waals surface area contributed by atoms with Gasteiger partial charge in [0.05, 0.1) is 0 Å². The van der Waals surface area contributed by atoms with Gasteiger partial charge >= 0.3 is 0 Å². The number of nitrogens with zero attached hydrogens (tertiary/aromatic N) is 3. The van der Waals surface area contributed by atoms with Crippen LogP contribution < -0.4 is 5.32 Å². The van der Waals surface area contributed by atoms with Crippen LogP contribution in [0.4, 0.5) is 0 Å². The number of hydrogen-bond acceptors (Lipinski definition) is 2. The quantitative estimate of drug-likeness (QED) is 0.310. The van der Waals surface area contributed by atoms with Crippen molar-refractivity contribution in [2.24, 2.45) is 10.9 Å². The van der Waals surface area contributed by atoms with Crippen molar-refractivity contribution in [2.45, 2.75) is 64.8 Å². The molecule has 1 atom stereocenters. The molecule has 2 aliphatic rings. The number of halogens is 1. The lowest BCUT2D eigenvalue weighted by Crippen LogP contribution is -2.45. The number of guanidine groups is 1. The molecule has 0 aromatic heterocycles. The minimum atomic E-state index is 0. The molecule has 23 heavy (non-hydrogen) atoms. The van der Waals surface area contributed by atoms with Crippen LogP contribution in [0.2, 0.25) is 0 Å². The lowest BCUT2D eigenvalue weighted by molar-refractivity contribution is 0.158. The molecule has 1 N–H and O–H groups in total. The van der Waals surface area contributed by atoms with E-state index in [2.05, 4.69) is 34.0 Å². The summed E-state index contributed by atoms with van der Waals surface area (Å²) in [6.07, 6.45) is 9.34. The van der Waals surface area contributed by atoms with E-state index < -0.39 is 0 Å². The fourth-order valence-corrected chi connectivity index (χ4v) is 3.68. The Bertz CT molecular complexity index is 340. The zero-order chi connectivity index (χ0) is 15.8. The topological polar surface area (TPSA) is 30.9 Å². The van der Waals surface area contributed by atoms with Crippen molar-refractivity contribution < 1.29 is 0 Å². The summed E-state index contributed by atoms with van der Waals surface area (Å²) < 4.78 is 0. The second kappa shape index (κ2) is 11.5. The van der Waals surface area contributed by atoms with Crippen LogP contribution in [0.5, 0.6) is 0 Å². The average molecular weight is 436 g/mol. The highest BCUT2D eigenvalue weighted by Gasteiger charge is 2.19. The van der Waals surface area contributed by atoms with Crippen LogP contribution in [0.3, 0.4) is 0 Å². The Morgan fingerprint density at radius 3 is 2.43 bits per heavy atom. The summed E-state index contributed by atoms with van der Waals surface area (Å²) >= 11 is 0. The SMILES string of the molecule is CN=C(NCCCCN1CCCCC1C)N1CCC(C)CC1.I. The summed E-state index contributed by atoms with van der Waals surface area (Å²) in [5.74, 6) is 1.99. The maximum atomic E-state index is 4.46. The molecule has 0 aromatic rings. The second-order valence-electron chi connectivity index (χ2n) is 7.23. The summed E-state index contributed by atoms with van der Waals surface area (Å²) in [5.41, 5.74) is 0. The molecular weight excluding hydrogens is 399 g/mol. The number of rotatable bonds is 5. The normalized spacial score (nSPS) is 24.4. The van der Waals surface area contributed by atoms with E-state index >= 15 is 0 Å². The smallest absolute Gasteiger partial charge is 0.193 e. The molecule has 1 unspecified atom stereocenters. The summed E-state index contributed by atoms with van der Waals surface area (Å²) in [5, 5.41) is 3.56. The molecule has 2 aliphatic heterocycles. The van der Waals surface area contributed by atoms with Crippen LogP contribution in [-0.2, 0) is 0 Å². The number of nitrogens with one attached hydrogen (secondary N) is 1. The number of unbranched alkanes of at least 4 members (excludes halogenated alkanes) is 1. The minimum Gasteiger partial charge on any atom is -0.356 e. The largest absolute Gasteiger partial charge is 0.356 e. The molecule has 0 bridgehead atoms. The average Bonchev–Trinajstić information content (AvgIpc) is 2.54. The summed E-state index contributed by atoms with van der Waals surface area (Å²) in [6.45, 7) is 10.7. The van der Waals surface area contributed by atoms with E-state index in [1.807, 2.05) is 7.05 Å². The van der Waals surface area contributed by atoms with Crippen molar-refractivity contribution in [3.05, 3.63) is 0 Å². The van der Waals surface area contributed by atoms with E-state index in [9.17, 15) is 0 Å². The van der Waals surface area contributed by atoms with E-state index in [0.29, 0.717) is 0 Å². The van der Waals surface area contributed by atoms with Gasteiger partial charge in [-0.15, -0.1) is 24.0 Å². The second-order valence-corrected chi connectivity index (χ2v) is 7.23. The number of likely N-dealkylation sites (tertiary alicyclic amines) is 2. The third-order valence-corrected chi connectivity index (χ3v) is 5.39. The number of hydrogen-bond donors (Lipinski definition) is 1. The van der Waals surface area contributed by atoms with Gasteiger partial charge in [-0.2, -0.15) is 0 Å². The zero-order valence-electron chi connectivity index (χ0n) is 15.4. The third-order valence-electron chi connectivity index (χ3n) is 5.39. The minimum absolute atomic E-state index is 0. The molecule has 0 radical (unpaired) electrons. The molecule has 136 valence electrons. The Labute approximate surface area is 160 Å². The molecule has 0 aromatic carbocycles. The van der Waals surface area contributed by atoms with Gasteiger partial charge in [0.15, 0.2) is 5.96 Å². The molecular formula is C18H37IN4. The van der Waals surface area contributed by atoms with Gasteiger partial charge in [0.25, 0.3) is 0 Å². The Kier molecular flexibility index (Phi) is 10.5. The van der Waals surface area contributed by atoms with Crippen LogP contribution in [0.15, 0.2) is 4.99 Å². The third kappa shape index (κ3) is 7.16. The zero-order valence-corrected chi connectivity index (χ0v) is 17.7. The highest BCUT2D eigenvalue weighted by Crippen LogP contribution is 2.17. The molecule has 0 aliphatic carbocycles. The Hall–Kier alpha value is -0.0400. The first-order valence-electron chi connectivity index (χ1n) is 9.40. The van der Waals surface area contributed by atoms with Crippen molar-refractivity contribution in [2.75, 3.05) is 39.8 Å². The highest BCUT2D eigenvalue weighted by molar-refractivity contribution is 14.0. The molecule has 0 amide bonds. The molecule has 2 saturated heterocycles. The molecule has 0 spiro atoms. The lowest BCUT2D eigenvalue weighted by Gasteiger charge is -2.34. The van der Waals surface area contributed by atoms with E-state index in [1.54, 1.807) is 0 Å². The van der Waals surface area contributed by atoms with Crippen LogP contribution >= 0.6 is 24.0 Å². The maximum absolute atomic E-state index is 4.46. The van der Waals surface area contributed by atoms with E-state index in [0.717, 1.165) is 37.6 Å². The molecule has 5 heteroatoms. The number of piperidine rings is 2. The predicted molar refractivity (Wildman–Crippen MR) is 111 cm³/mol. The molecule has 2 rings (SSSR count). The van der Waals surface area contributed by atoms with Crippen LogP contribution in [0, 0.1) is 5.92 Å².